The highest BCUT2D eigenvalue weighted by Gasteiger charge is 2.23. The van der Waals surface area contributed by atoms with Gasteiger partial charge in [0.15, 0.2) is 0 Å². The topological polar surface area (TPSA) is 75.7 Å². The molecular formula is C19H23ClN2O4S. The second-order valence-corrected chi connectivity index (χ2v) is 8.34. The van der Waals surface area contributed by atoms with Crippen molar-refractivity contribution in [3.05, 3.63) is 58.6 Å². The Hall–Kier alpha value is -1.93. The SMILES string of the molecule is CCCCc1ccc(NC(=O)c2cc(S(=O)(=O)N(C)OC)ccc2Cl)cc1. The average Bonchev–Trinajstić information content (AvgIpc) is 2.66. The van der Waals surface area contributed by atoms with Crippen LogP contribution in [0.15, 0.2) is 47.4 Å². The monoisotopic (exact) mass is 410 g/mol. The highest BCUT2D eigenvalue weighted by molar-refractivity contribution is 7.89. The number of hydrogen-bond donors (Lipinski definition) is 1. The first-order valence-corrected chi connectivity index (χ1v) is 10.3. The molecule has 27 heavy (non-hydrogen) atoms. The molecule has 0 radical (unpaired) electrons. The van der Waals surface area contributed by atoms with Crippen LogP contribution in [0.1, 0.15) is 35.7 Å². The summed E-state index contributed by atoms with van der Waals surface area (Å²) in [5.41, 5.74) is 1.87. The first-order chi connectivity index (χ1) is 12.8. The van der Waals surface area contributed by atoms with E-state index in [1.54, 1.807) is 0 Å². The largest absolute Gasteiger partial charge is 0.322 e. The van der Waals surface area contributed by atoms with Gasteiger partial charge in [-0.25, -0.2) is 8.42 Å². The number of amides is 1. The van der Waals surface area contributed by atoms with Gasteiger partial charge in [0.1, 0.15) is 0 Å². The first-order valence-electron chi connectivity index (χ1n) is 8.52. The zero-order valence-corrected chi connectivity index (χ0v) is 17.1. The van der Waals surface area contributed by atoms with Gasteiger partial charge in [0.2, 0.25) is 0 Å². The molecule has 2 aromatic rings. The molecule has 0 fully saturated rings. The molecule has 6 nitrogen and oxygen atoms in total. The van der Waals surface area contributed by atoms with Gasteiger partial charge in [-0.3, -0.25) is 9.63 Å². The van der Waals surface area contributed by atoms with Crippen molar-refractivity contribution in [3.8, 4) is 0 Å². The molecule has 1 amide bonds. The normalized spacial score (nSPS) is 11.6. The van der Waals surface area contributed by atoms with Crippen LogP contribution < -0.4 is 5.32 Å². The molecule has 0 aliphatic heterocycles. The maximum absolute atomic E-state index is 12.6. The average molecular weight is 411 g/mol. The number of sulfonamides is 1. The molecule has 0 aliphatic carbocycles. The number of benzene rings is 2. The number of hydroxylamine groups is 1. The number of nitrogens with one attached hydrogen (secondary N) is 1. The van der Waals surface area contributed by atoms with Crippen molar-refractivity contribution in [3.63, 3.8) is 0 Å². The summed E-state index contributed by atoms with van der Waals surface area (Å²) in [6.07, 6.45) is 3.22. The van der Waals surface area contributed by atoms with Gasteiger partial charge in [-0.05, 0) is 48.7 Å². The molecule has 0 saturated heterocycles. The Balaban J connectivity index is 2.22. The van der Waals surface area contributed by atoms with Crippen molar-refractivity contribution in [1.29, 1.82) is 0 Å². The predicted octanol–water partition coefficient (Wildman–Crippen LogP) is 4.12. The predicted molar refractivity (Wildman–Crippen MR) is 106 cm³/mol. The first kappa shape index (κ1) is 21.4. The van der Waals surface area contributed by atoms with Crippen LogP contribution >= 0.6 is 11.6 Å². The van der Waals surface area contributed by atoms with Gasteiger partial charge in [-0.2, -0.15) is 0 Å². The van der Waals surface area contributed by atoms with E-state index in [1.807, 2.05) is 24.3 Å². The molecular weight excluding hydrogens is 388 g/mol. The third-order valence-electron chi connectivity index (χ3n) is 4.11. The second-order valence-electron chi connectivity index (χ2n) is 5.99. The van der Waals surface area contributed by atoms with Crippen LogP contribution in [0, 0.1) is 0 Å². The lowest BCUT2D eigenvalue weighted by Crippen LogP contribution is -2.26. The Morgan fingerprint density at radius 3 is 2.44 bits per heavy atom. The van der Waals surface area contributed by atoms with Gasteiger partial charge in [-0.1, -0.05) is 41.5 Å². The van der Waals surface area contributed by atoms with E-state index in [2.05, 4.69) is 12.2 Å². The number of aryl methyl sites for hydroxylation is 1. The molecule has 0 aromatic heterocycles. The number of unbranched alkanes of at least 4 members (excludes halogenated alkanes) is 1. The maximum Gasteiger partial charge on any atom is 0.264 e. The minimum atomic E-state index is -3.88. The molecule has 8 heteroatoms. The number of carbonyl (C=O) groups excluding carboxylic acids is 1. The third kappa shape index (κ3) is 5.29. The van der Waals surface area contributed by atoms with Crippen LogP contribution in [0.2, 0.25) is 5.02 Å². The van der Waals surface area contributed by atoms with Crippen LogP contribution in [0.3, 0.4) is 0 Å². The fourth-order valence-corrected chi connectivity index (χ4v) is 3.62. The Labute approximate surface area is 165 Å². The smallest absolute Gasteiger partial charge is 0.264 e. The molecule has 0 unspecified atom stereocenters. The quantitative estimate of drug-likeness (QED) is 0.664. The van der Waals surface area contributed by atoms with E-state index >= 15 is 0 Å². The highest BCUT2D eigenvalue weighted by Crippen LogP contribution is 2.24. The fourth-order valence-electron chi connectivity index (χ4n) is 2.42. The van der Waals surface area contributed by atoms with E-state index in [0.717, 1.165) is 19.3 Å². The lowest BCUT2D eigenvalue weighted by Gasteiger charge is -2.15. The third-order valence-corrected chi connectivity index (χ3v) is 6.11. The summed E-state index contributed by atoms with van der Waals surface area (Å²) < 4.78 is 25.4. The van der Waals surface area contributed by atoms with Crippen molar-refractivity contribution < 1.29 is 18.0 Å². The summed E-state index contributed by atoms with van der Waals surface area (Å²) in [5.74, 6) is -0.488. The van der Waals surface area contributed by atoms with Crippen molar-refractivity contribution in [2.24, 2.45) is 0 Å². The Kier molecular flexibility index (Phi) is 7.38. The maximum atomic E-state index is 12.6. The van der Waals surface area contributed by atoms with E-state index in [-0.39, 0.29) is 15.5 Å². The van der Waals surface area contributed by atoms with E-state index < -0.39 is 15.9 Å². The summed E-state index contributed by atoms with van der Waals surface area (Å²) in [7, 11) is -1.37. The highest BCUT2D eigenvalue weighted by atomic mass is 35.5. The summed E-state index contributed by atoms with van der Waals surface area (Å²) in [6.45, 7) is 2.14. The summed E-state index contributed by atoms with van der Waals surface area (Å²) >= 11 is 6.10. The molecule has 146 valence electrons. The lowest BCUT2D eigenvalue weighted by atomic mass is 10.1. The molecule has 2 rings (SSSR count). The Bertz CT molecular complexity index is 898. The van der Waals surface area contributed by atoms with E-state index in [1.165, 1.54) is 37.9 Å². The number of nitrogens with zero attached hydrogens (tertiary/aromatic N) is 1. The molecule has 0 heterocycles. The van der Waals surface area contributed by atoms with Gasteiger partial charge in [0, 0.05) is 12.7 Å². The van der Waals surface area contributed by atoms with E-state index in [9.17, 15) is 13.2 Å². The number of anilines is 1. The molecule has 0 bridgehead atoms. The van der Waals surface area contributed by atoms with Crippen molar-refractivity contribution in [2.75, 3.05) is 19.5 Å². The van der Waals surface area contributed by atoms with Crippen LogP contribution in [0.5, 0.6) is 0 Å². The van der Waals surface area contributed by atoms with Crippen molar-refractivity contribution >= 4 is 33.2 Å². The van der Waals surface area contributed by atoms with Crippen LogP contribution in [-0.2, 0) is 21.3 Å². The van der Waals surface area contributed by atoms with Crippen molar-refractivity contribution in [2.45, 2.75) is 31.1 Å². The van der Waals surface area contributed by atoms with Gasteiger partial charge in [-0.15, -0.1) is 0 Å². The standard InChI is InChI=1S/C19H23ClN2O4S/c1-4-5-6-14-7-9-15(10-8-14)21-19(23)17-13-16(11-12-18(17)20)27(24,25)22(2)26-3/h7-13H,4-6H2,1-3H3,(H,21,23). The summed E-state index contributed by atoms with van der Waals surface area (Å²) in [5, 5.41) is 2.90. The zero-order valence-electron chi connectivity index (χ0n) is 15.5. The number of rotatable bonds is 8. The van der Waals surface area contributed by atoms with Gasteiger partial charge >= 0.3 is 0 Å². The van der Waals surface area contributed by atoms with Gasteiger partial charge < -0.3 is 5.32 Å². The number of carbonyl (C=O) groups is 1. The minimum absolute atomic E-state index is 0.0669. The lowest BCUT2D eigenvalue weighted by molar-refractivity contribution is -0.0258. The molecule has 0 atom stereocenters. The number of halogens is 1. The number of hydrogen-bond acceptors (Lipinski definition) is 4. The molecule has 0 spiro atoms. The minimum Gasteiger partial charge on any atom is -0.322 e. The van der Waals surface area contributed by atoms with E-state index in [0.29, 0.717) is 10.2 Å². The summed E-state index contributed by atoms with van der Waals surface area (Å²) in [4.78, 5) is 17.2. The van der Waals surface area contributed by atoms with Crippen LogP contribution in [0.25, 0.3) is 0 Å². The van der Waals surface area contributed by atoms with E-state index in [4.69, 9.17) is 16.4 Å². The van der Waals surface area contributed by atoms with Gasteiger partial charge in [0.05, 0.1) is 22.6 Å². The molecule has 0 aliphatic rings. The Morgan fingerprint density at radius 2 is 1.85 bits per heavy atom. The molecule has 2 aromatic carbocycles. The fraction of sp³-hybridized carbons (Fsp3) is 0.316. The van der Waals surface area contributed by atoms with Crippen molar-refractivity contribution in [1.82, 2.24) is 4.47 Å². The molecule has 1 N–H and O–H groups in total. The zero-order chi connectivity index (χ0) is 20.0. The van der Waals surface area contributed by atoms with Gasteiger partial charge in [0.25, 0.3) is 15.9 Å². The Morgan fingerprint density at radius 1 is 1.19 bits per heavy atom. The molecule has 0 saturated carbocycles. The second kappa shape index (κ2) is 9.32. The van der Waals surface area contributed by atoms with Crippen LogP contribution in [-0.4, -0.2) is 33.0 Å². The summed E-state index contributed by atoms with van der Waals surface area (Å²) in [6, 6.07) is 11.5. The van der Waals surface area contributed by atoms with Crippen LogP contribution in [0.4, 0.5) is 5.69 Å².